The lowest BCUT2D eigenvalue weighted by Crippen LogP contribution is -1.95. The lowest BCUT2D eigenvalue weighted by Gasteiger charge is -2.05. The van der Waals surface area contributed by atoms with Gasteiger partial charge in [-0.3, -0.25) is 0 Å². The summed E-state index contributed by atoms with van der Waals surface area (Å²) < 4.78 is 8.37. The van der Waals surface area contributed by atoms with E-state index in [2.05, 4.69) is 21.0 Å². The molecule has 3 rings (SSSR count). The van der Waals surface area contributed by atoms with Crippen molar-refractivity contribution in [2.75, 3.05) is 0 Å². The summed E-state index contributed by atoms with van der Waals surface area (Å²) in [6, 6.07) is 19.5. The van der Waals surface area contributed by atoms with Crippen molar-refractivity contribution >= 4 is 15.9 Å². The van der Waals surface area contributed by atoms with E-state index in [4.69, 9.17) is 4.74 Å². The van der Waals surface area contributed by atoms with Gasteiger partial charge in [0.25, 0.3) is 0 Å². The van der Waals surface area contributed by atoms with Gasteiger partial charge in [-0.1, -0.05) is 36.4 Å². The van der Waals surface area contributed by atoms with Gasteiger partial charge in [0.1, 0.15) is 5.75 Å². The quantitative estimate of drug-likeness (QED) is 0.715. The molecule has 0 aliphatic heterocycles. The first-order valence-corrected chi connectivity index (χ1v) is 6.66. The Morgan fingerprint density at radius 1 is 0.895 bits per heavy atom. The van der Waals surface area contributed by atoms with Crippen molar-refractivity contribution in [2.24, 2.45) is 0 Å². The molecule has 0 saturated heterocycles. The number of aromatic nitrogens is 2. The van der Waals surface area contributed by atoms with Gasteiger partial charge >= 0.3 is 0 Å². The highest BCUT2D eigenvalue weighted by molar-refractivity contribution is 9.10. The molecule has 0 radical (unpaired) electrons. The highest BCUT2D eigenvalue weighted by atomic mass is 79.9. The first-order chi connectivity index (χ1) is 9.34. The second kappa shape index (κ2) is 5.28. The van der Waals surface area contributed by atoms with Crippen LogP contribution in [0.1, 0.15) is 0 Å². The third-order valence-electron chi connectivity index (χ3n) is 2.65. The van der Waals surface area contributed by atoms with Crippen LogP contribution in [0.25, 0.3) is 5.69 Å². The predicted molar refractivity (Wildman–Crippen MR) is 77.8 cm³/mol. The van der Waals surface area contributed by atoms with Gasteiger partial charge in [-0.2, -0.15) is 5.10 Å². The maximum atomic E-state index is 5.78. The number of benzene rings is 2. The SMILES string of the molecule is Brc1c(Oc2ccccc2)cnn1-c1ccccc1. The van der Waals surface area contributed by atoms with Crippen molar-refractivity contribution in [3.05, 3.63) is 71.5 Å². The Labute approximate surface area is 119 Å². The van der Waals surface area contributed by atoms with Crippen molar-refractivity contribution in [3.63, 3.8) is 0 Å². The summed E-state index contributed by atoms with van der Waals surface area (Å²) in [5, 5.41) is 4.33. The van der Waals surface area contributed by atoms with Crippen LogP contribution in [-0.4, -0.2) is 9.78 Å². The van der Waals surface area contributed by atoms with Gasteiger partial charge < -0.3 is 4.74 Å². The van der Waals surface area contributed by atoms with Gasteiger partial charge in [-0.15, -0.1) is 0 Å². The predicted octanol–water partition coefficient (Wildman–Crippen LogP) is 4.43. The van der Waals surface area contributed by atoms with Gasteiger partial charge in [0.05, 0.1) is 11.9 Å². The maximum absolute atomic E-state index is 5.78. The van der Waals surface area contributed by atoms with E-state index in [1.54, 1.807) is 10.9 Å². The molecule has 0 saturated carbocycles. The lowest BCUT2D eigenvalue weighted by atomic mass is 10.3. The molecule has 0 unspecified atom stereocenters. The molecule has 0 spiro atoms. The molecule has 1 aromatic heterocycles. The van der Waals surface area contributed by atoms with Crippen molar-refractivity contribution in [2.45, 2.75) is 0 Å². The standard InChI is InChI=1S/C15H11BrN2O/c16-15-14(19-13-9-5-2-6-10-13)11-17-18(15)12-7-3-1-4-8-12/h1-11H. The van der Waals surface area contributed by atoms with Crippen LogP contribution < -0.4 is 4.74 Å². The average molecular weight is 315 g/mol. The molecule has 0 bridgehead atoms. The Morgan fingerprint density at radius 3 is 2.21 bits per heavy atom. The van der Waals surface area contributed by atoms with E-state index in [0.29, 0.717) is 5.75 Å². The number of halogens is 1. The number of hydrogen-bond acceptors (Lipinski definition) is 2. The largest absolute Gasteiger partial charge is 0.453 e. The van der Waals surface area contributed by atoms with E-state index in [1.165, 1.54) is 0 Å². The zero-order valence-corrected chi connectivity index (χ0v) is 11.6. The fraction of sp³-hybridized carbons (Fsp3) is 0. The Hall–Kier alpha value is -2.07. The van der Waals surface area contributed by atoms with Crippen LogP contribution in [0.15, 0.2) is 71.5 Å². The van der Waals surface area contributed by atoms with Gasteiger partial charge in [0.2, 0.25) is 0 Å². The zero-order valence-electron chi connectivity index (χ0n) is 10.0. The van der Waals surface area contributed by atoms with E-state index in [1.807, 2.05) is 60.7 Å². The minimum absolute atomic E-state index is 0.690. The summed E-state index contributed by atoms with van der Waals surface area (Å²) in [5.41, 5.74) is 0.984. The molecule has 0 N–H and O–H groups in total. The summed E-state index contributed by atoms with van der Waals surface area (Å²) in [6.45, 7) is 0. The summed E-state index contributed by atoms with van der Waals surface area (Å²) >= 11 is 3.52. The third-order valence-corrected chi connectivity index (χ3v) is 3.38. The highest BCUT2D eigenvalue weighted by Gasteiger charge is 2.11. The van der Waals surface area contributed by atoms with Crippen LogP contribution in [0, 0.1) is 0 Å². The number of nitrogens with zero attached hydrogens (tertiary/aromatic N) is 2. The van der Waals surface area contributed by atoms with Crippen LogP contribution in [0.3, 0.4) is 0 Å². The van der Waals surface area contributed by atoms with Crippen molar-refractivity contribution in [3.8, 4) is 17.2 Å². The molecule has 0 atom stereocenters. The minimum Gasteiger partial charge on any atom is -0.453 e. The van der Waals surface area contributed by atoms with Gasteiger partial charge in [-0.05, 0) is 40.2 Å². The first kappa shape index (κ1) is 12.0. The second-order valence-corrected chi connectivity index (χ2v) is 4.71. The Morgan fingerprint density at radius 2 is 1.53 bits per heavy atom. The molecule has 2 aromatic carbocycles. The van der Waals surface area contributed by atoms with Gasteiger partial charge in [0.15, 0.2) is 10.4 Å². The fourth-order valence-electron chi connectivity index (χ4n) is 1.75. The lowest BCUT2D eigenvalue weighted by molar-refractivity contribution is 0.479. The molecule has 1 heterocycles. The van der Waals surface area contributed by atoms with Crippen molar-refractivity contribution < 1.29 is 4.74 Å². The monoisotopic (exact) mass is 314 g/mol. The highest BCUT2D eigenvalue weighted by Crippen LogP contribution is 2.30. The van der Waals surface area contributed by atoms with Crippen LogP contribution in [0.4, 0.5) is 0 Å². The van der Waals surface area contributed by atoms with E-state index in [-0.39, 0.29) is 0 Å². The second-order valence-electron chi connectivity index (χ2n) is 3.96. The molecular formula is C15H11BrN2O. The molecule has 3 aromatic rings. The van der Waals surface area contributed by atoms with Crippen molar-refractivity contribution in [1.82, 2.24) is 9.78 Å². The Balaban J connectivity index is 1.92. The normalized spacial score (nSPS) is 10.4. The maximum Gasteiger partial charge on any atom is 0.180 e. The summed E-state index contributed by atoms with van der Waals surface area (Å²) in [4.78, 5) is 0. The molecule has 3 nitrogen and oxygen atoms in total. The molecule has 19 heavy (non-hydrogen) atoms. The Bertz CT molecular complexity index is 665. The van der Waals surface area contributed by atoms with E-state index in [9.17, 15) is 0 Å². The number of rotatable bonds is 3. The van der Waals surface area contributed by atoms with Crippen molar-refractivity contribution in [1.29, 1.82) is 0 Å². The van der Waals surface area contributed by atoms with E-state index < -0.39 is 0 Å². The van der Waals surface area contributed by atoms with Gasteiger partial charge in [0, 0.05) is 0 Å². The van der Waals surface area contributed by atoms with Crippen LogP contribution in [0.2, 0.25) is 0 Å². The molecule has 4 heteroatoms. The van der Waals surface area contributed by atoms with E-state index >= 15 is 0 Å². The molecule has 0 aliphatic rings. The average Bonchev–Trinajstić information content (AvgIpc) is 2.82. The van der Waals surface area contributed by atoms with Gasteiger partial charge in [-0.25, -0.2) is 4.68 Å². The number of hydrogen-bond donors (Lipinski definition) is 0. The molecule has 0 amide bonds. The molecular weight excluding hydrogens is 304 g/mol. The third kappa shape index (κ3) is 2.53. The van der Waals surface area contributed by atoms with Crippen LogP contribution >= 0.6 is 15.9 Å². The molecule has 0 fully saturated rings. The first-order valence-electron chi connectivity index (χ1n) is 5.86. The Kier molecular flexibility index (Phi) is 3.33. The smallest absolute Gasteiger partial charge is 0.180 e. The zero-order chi connectivity index (χ0) is 13.1. The summed E-state index contributed by atoms with van der Waals surface area (Å²) in [5.74, 6) is 1.48. The van der Waals surface area contributed by atoms with Crippen LogP contribution in [0.5, 0.6) is 11.5 Å². The fourth-order valence-corrected chi connectivity index (χ4v) is 2.23. The van der Waals surface area contributed by atoms with Crippen LogP contribution in [-0.2, 0) is 0 Å². The van der Waals surface area contributed by atoms with E-state index in [0.717, 1.165) is 16.0 Å². The minimum atomic E-state index is 0.690. The molecule has 94 valence electrons. The number of ether oxygens (including phenoxy) is 1. The molecule has 0 aliphatic carbocycles. The summed E-state index contributed by atoms with van der Waals surface area (Å²) in [6.07, 6.45) is 1.70. The number of para-hydroxylation sites is 2. The summed E-state index contributed by atoms with van der Waals surface area (Å²) in [7, 11) is 0. The topological polar surface area (TPSA) is 27.1 Å².